The summed E-state index contributed by atoms with van der Waals surface area (Å²) in [5.41, 5.74) is 1.47. The molecular formula is C14H12FN3. The summed E-state index contributed by atoms with van der Waals surface area (Å²) in [6.45, 7) is 0.669. The molecule has 1 aromatic carbocycles. The van der Waals surface area contributed by atoms with Crippen molar-refractivity contribution < 1.29 is 4.39 Å². The number of anilines is 1. The van der Waals surface area contributed by atoms with Gasteiger partial charge in [-0.25, -0.2) is 9.37 Å². The van der Waals surface area contributed by atoms with Gasteiger partial charge in [-0.2, -0.15) is 5.26 Å². The van der Waals surface area contributed by atoms with Gasteiger partial charge in [0.05, 0.1) is 5.56 Å². The lowest BCUT2D eigenvalue weighted by molar-refractivity contribution is 0.625. The van der Waals surface area contributed by atoms with Crippen LogP contribution in [0.3, 0.4) is 0 Å². The summed E-state index contributed by atoms with van der Waals surface area (Å²) in [5, 5.41) is 11.8. The van der Waals surface area contributed by atoms with E-state index in [0.29, 0.717) is 17.9 Å². The van der Waals surface area contributed by atoms with Crippen molar-refractivity contribution in [3.8, 4) is 6.07 Å². The van der Waals surface area contributed by atoms with Crippen LogP contribution in [0.5, 0.6) is 0 Å². The average Bonchev–Trinajstić information content (AvgIpc) is 2.40. The Balaban J connectivity index is 1.86. The van der Waals surface area contributed by atoms with Gasteiger partial charge >= 0.3 is 0 Å². The van der Waals surface area contributed by atoms with Crippen molar-refractivity contribution in [1.82, 2.24) is 4.98 Å². The topological polar surface area (TPSA) is 48.7 Å². The first-order valence-corrected chi connectivity index (χ1v) is 5.62. The molecule has 3 nitrogen and oxygen atoms in total. The maximum absolute atomic E-state index is 12.9. The van der Waals surface area contributed by atoms with Gasteiger partial charge in [-0.3, -0.25) is 0 Å². The van der Waals surface area contributed by atoms with E-state index in [1.807, 2.05) is 12.1 Å². The predicted molar refractivity (Wildman–Crippen MR) is 67.5 cm³/mol. The van der Waals surface area contributed by atoms with E-state index >= 15 is 0 Å². The van der Waals surface area contributed by atoms with Crippen molar-refractivity contribution in [1.29, 1.82) is 5.26 Å². The van der Waals surface area contributed by atoms with E-state index in [4.69, 9.17) is 5.26 Å². The number of benzene rings is 1. The van der Waals surface area contributed by atoms with E-state index < -0.39 is 0 Å². The number of nitrogens with zero attached hydrogens (tertiary/aromatic N) is 2. The Kier molecular flexibility index (Phi) is 3.87. The molecule has 1 heterocycles. The molecule has 18 heavy (non-hydrogen) atoms. The van der Waals surface area contributed by atoms with Crippen LogP contribution < -0.4 is 5.32 Å². The second kappa shape index (κ2) is 5.78. The largest absolute Gasteiger partial charge is 0.370 e. The molecule has 1 aromatic heterocycles. The van der Waals surface area contributed by atoms with Gasteiger partial charge in [0.2, 0.25) is 0 Å². The molecule has 2 aromatic rings. The molecule has 0 bridgehead atoms. The summed E-state index contributed by atoms with van der Waals surface area (Å²) in [6.07, 6.45) is 2.24. The molecule has 0 atom stereocenters. The molecule has 0 amide bonds. The number of nitrogens with one attached hydrogen (secondary N) is 1. The van der Waals surface area contributed by atoms with E-state index in [1.165, 1.54) is 18.3 Å². The summed E-state index contributed by atoms with van der Waals surface area (Å²) in [7, 11) is 0. The Morgan fingerprint density at radius 2 is 2.17 bits per heavy atom. The summed E-state index contributed by atoms with van der Waals surface area (Å²) in [5.74, 6) is 0.495. The minimum Gasteiger partial charge on any atom is -0.370 e. The van der Waals surface area contributed by atoms with Gasteiger partial charge in [0.1, 0.15) is 17.7 Å². The average molecular weight is 241 g/mol. The fourth-order valence-electron chi connectivity index (χ4n) is 1.59. The third-order valence-corrected chi connectivity index (χ3v) is 2.50. The van der Waals surface area contributed by atoms with E-state index in [-0.39, 0.29) is 5.82 Å². The third-order valence-electron chi connectivity index (χ3n) is 2.50. The molecule has 2 rings (SSSR count). The van der Waals surface area contributed by atoms with E-state index in [0.717, 1.165) is 12.0 Å². The van der Waals surface area contributed by atoms with Crippen LogP contribution in [0.15, 0.2) is 42.6 Å². The lowest BCUT2D eigenvalue weighted by Gasteiger charge is -2.05. The van der Waals surface area contributed by atoms with Crippen LogP contribution in [0.4, 0.5) is 10.2 Å². The monoisotopic (exact) mass is 241 g/mol. The molecular weight excluding hydrogens is 229 g/mol. The van der Waals surface area contributed by atoms with Gasteiger partial charge in [-0.1, -0.05) is 12.1 Å². The van der Waals surface area contributed by atoms with Gasteiger partial charge in [0.25, 0.3) is 0 Å². The number of hydrogen-bond donors (Lipinski definition) is 1. The number of halogens is 1. The maximum atomic E-state index is 12.9. The Labute approximate surface area is 105 Å². The zero-order chi connectivity index (χ0) is 12.8. The molecule has 4 heteroatoms. The van der Waals surface area contributed by atoms with Gasteiger partial charge in [-0.15, -0.1) is 0 Å². The van der Waals surface area contributed by atoms with Crippen LogP contribution in [0.25, 0.3) is 0 Å². The zero-order valence-electron chi connectivity index (χ0n) is 9.73. The summed E-state index contributed by atoms with van der Waals surface area (Å²) in [4.78, 5) is 4.09. The van der Waals surface area contributed by atoms with E-state index in [1.54, 1.807) is 18.2 Å². The van der Waals surface area contributed by atoms with Crippen LogP contribution in [0.1, 0.15) is 11.1 Å². The number of hydrogen-bond acceptors (Lipinski definition) is 3. The first-order valence-electron chi connectivity index (χ1n) is 5.62. The summed E-state index contributed by atoms with van der Waals surface area (Å²) in [6, 6.07) is 12.0. The molecule has 0 aliphatic rings. The molecule has 0 unspecified atom stereocenters. The highest BCUT2D eigenvalue weighted by Gasteiger charge is 1.97. The molecule has 0 saturated carbocycles. The van der Waals surface area contributed by atoms with Gasteiger partial charge in [0.15, 0.2) is 0 Å². The van der Waals surface area contributed by atoms with Crippen molar-refractivity contribution in [3.05, 3.63) is 59.5 Å². The van der Waals surface area contributed by atoms with Crippen molar-refractivity contribution in [2.45, 2.75) is 6.42 Å². The van der Waals surface area contributed by atoms with E-state index in [9.17, 15) is 4.39 Å². The lowest BCUT2D eigenvalue weighted by Crippen LogP contribution is -2.06. The second-order valence-corrected chi connectivity index (χ2v) is 3.85. The minimum atomic E-state index is -0.219. The standard InChI is InChI=1S/C14H12FN3/c15-13-3-1-2-11(8-13)6-7-17-14-5-4-12(9-16)10-18-14/h1-5,8,10H,6-7H2,(H,17,18). The highest BCUT2D eigenvalue weighted by atomic mass is 19.1. The van der Waals surface area contributed by atoms with Crippen LogP contribution in [0, 0.1) is 17.1 Å². The van der Waals surface area contributed by atoms with Crippen molar-refractivity contribution in [3.63, 3.8) is 0 Å². The molecule has 0 saturated heterocycles. The Bertz CT molecular complexity index is 558. The molecule has 0 spiro atoms. The van der Waals surface area contributed by atoms with Crippen LogP contribution in [0.2, 0.25) is 0 Å². The third kappa shape index (κ3) is 3.29. The SMILES string of the molecule is N#Cc1ccc(NCCc2cccc(F)c2)nc1. The number of pyridine rings is 1. The summed E-state index contributed by atoms with van der Waals surface area (Å²) < 4.78 is 12.9. The molecule has 90 valence electrons. The van der Waals surface area contributed by atoms with Gasteiger partial charge in [-0.05, 0) is 36.2 Å². The number of aromatic nitrogens is 1. The van der Waals surface area contributed by atoms with Crippen LogP contribution in [-0.4, -0.2) is 11.5 Å². The quantitative estimate of drug-likeness (QED) is 0.895. The van der Waals surface area contributed by atoms with Crippen molar-refractivity contribution in [2.75, 3.05) is 11.9 Å². The normalized spacial score (nSPS) is 9.78. The molecule has 0 fully saturated rings. The molecule has 1 N–H and O–H groups in total. The van der Waals surface area contributed by atoms with Crippen molar-refractivity contribution in [2.24, 2.45) is 0 Å². The zero-order valence-corrected chi connectivity index (χ0v) is 9.73. The fraction of sp³-hybridized carbons (Fsp3) is 0.143. The van der Waals surface area contributed by atoms with Gasteiger partial charge in [0, 0.05) is 12.7 Å². The van der Waals surface area contributed by atoms with Gasteiger partial charge < -0.3 is 5.32 Å². The minimum absolute atomic E-state index is 0.219. The Hall–Kier alpha value is -2.41. The Morgan fingerprint density at radius 1 is 1.28 bits per heavy atom. The van der Waals surface area contributed by atoms with Crippen LogP contribution >= 0.6 is 0 Å². The number of rotatable bonds is 4. The smallest absolute Gasteiger partial charge is 0.125 e. The van der Waals surface area contributed by atoms with E-state index in [2.05, 4.69) is 10.3 Å². The number of nitriles is 1. The van der Waals surface area contributed by atoms with Crippen molar-refractivity contribution >= 4 is 5.82 Å². The predicted octanol–water partition coefficient (Wildman–Crippen LogP) is 2.75. The first-order chi connectivity index (χ1) is 8.78. The highest BCUT2D eigenvalue weighted by Crippen LogP contribution is 2.06. The summed E-state index contributed by atoms with van der Waals surface area (Å²) >= 11 is 0. The lowest BCUT2D eigenvalue weighted by atomic mass is 10.1. The van der Waals surface area contributed by atoms with Crippen LogP contribution in [-0.2, 0) is 6.42 Å². The Morgan fingerprint density at radius 3 is 2.83 bits per heavy atom. The molecule has 0 aliphatic carbocycles. The molecule has 0 aliphatic heterocycles. The molecule has 0 radical (unpaired) electrons. The highest BCUT2D eigenvalue weighted by molar-refractivity contribution is 5.39. The fourth-order valence-corrected chi connectivity index (χ4v) is 1.59. The second-order valence-electron chi connectivity index (χ2n) is 3.85. The maximum Gasteiger partial charge on any atom is 0.125 e. The first kappa shape index (κ1) is 12.1.